The highest BCUT2D eigenvalue weighted by Crippen LogP contribution is 2.48. The molecule has 4 heteroatoms. The van der Waals surface area contributed by atoms with Gasteiger partial charge >= 0.3 is 6.09 Å². The van der Waals surface area contributed by atoms with E-state index in [1.54, 1.807) is 4.90 Å². The summed E-state index contributed by atoms with van der Waals surface area (Å²) in [6.07, 6.45) is -0.377. The number of amides is 1. The Hall–Kier alpha value is -3.72. The first kappa shape index (κ1) is 23.7. The van der Waals surface area contributed by atoms with Crippen LogP contribution in [-0.2, 0) is 4.74 Å². The Bertz CT molecular complexity index is 1570. The summed E-state index contributed by atoms with van der Waals surface area (Å²) in [5, 5.41) is 2.50. The summed E-state index contributed by atoms with van der Waals surface area (Å²) in [6, 6.07) is 29.2. The second-order valence-corrected chi connectivity index (χ2v) is 11.7. The summed E-state index contributed by atoms with van der Waals surface area (Å²) in [5.74, 6) is 1.34. The van der Waals surface area contributed by atoms with Gasteiger partial charge in [-0.2, -0.15) is 0 Å². The van der Waals surface area contributed by atoms with Crippen LogP contribution in [0.4, 0.5) is 16.2 Å². The van der Waals surface area contributed by atoms with E-state index in [4.69, 9.17) is 4.74 Å². The average molecular weight is 504 g/mol. The Kier molecular flexibility index (Phi) is 5.75. The van der Waals surface area contributed by atoms with Crippen molar-refractivity contribution in [1.29, 1.82) is 0 Å². The van der Waals surface area contributed by atoms with Gasteiger partial charge < -0.3 is 4.74 Å². The van der Waals surface area contributed by atoms with Crippen LogP contribution in [0.25, 0.3) is 21.9 Å². The van der Waals surface area contributed by atoms with Crippen molar-refractivity contribution in [3.63, 3.8) is 0 Å². The van der Waals surface area contributed by atoms with Crippen LogP contribution in [0.3, 0.4) is 0 Å². The van der Waals surface area contributed by atoms with E-state index < -0.39 is 5.60 Å². The third kappa shape index (κ3) is 4.17. The molecular formula is C33H29NO2S. The van der Waals surface area contributed by atoms with Crippen molar-refractivity contribution in [2.45, 2.75) is 38.2 Å². The maximum atomic E-state index is 13.5. The topological polar surface area (TPSA) is 29.5 Å². The van der Waals surface area contributed by atoms with Crippen LogP contribution in [0, 0.1) is 5.92 Å². The molecule has 0 aliphatic carbocycles. The lowest BCUT2D eigenvalue weighted by Gasteiger charge is -2.34. The molecule has 4 aromatic carbocycles. The predicted molar refractivity (Wildman–Crippen MR) is 155 cm³/mol. The van der Waals surface area contributed by atoms with E-state index in [0.717, 1.165) is 33.8 Å². The van der Waals surface area contributed by atoms with E-state index in [-0.39, 0.29) is 6.09 Å². The SMILES string of the molecule is C[C@H]1CSc2ccc3ccccc3c2C1=C=C1c2ccccc2N(C(=O)OC(C)(C)C)c2ccccc21. The quantitative estimate of drug-likeness (QED) is 0.224. The number of allylic oxidation sites excluding steroid dienone is 1. The standard InChI is InChI=1S/C33H29NO2S/c1-21-20-37-30-18-17-22-11-5-6-12-23(22)31(30)26(21)19-27-24-13-7-9-15-28(24)34(32(35)36-33(2,3)4)29-16-10-8-14-25(27)29/h5-18,21H,20H2,1-4H3/t21-/m0/s1. The fourth-order valence-electron chi connectivity index (χ4n) is 5.19. The first-order chi connectivity index (χ1) is 17.8. The number of nitrogens with zero attached hydrogens (tertiary/aromatic N) is 1. The minimum Gasteiger partial charge on any atom is -0.443 e. The van der Waals surface area contributed by atoms with Crippen molar-refractivity contribution in [3.05, 3.63) is 107 Å². The summed E-state index contributed by atoms with van der Waals surface area (Å²) in [6.45, 7) is 7.97. The van der Waals surface area contributed by atoms with Gasteiger partial charge in [-0.3, -0.25) is 0 Å². The number of fused-ring (bicyclic) bond motifs is 5. The van der Waals surface area contributed by atoms with Crippen molar-refractivity contribution in [1.82, 2.24) is 0 Å². The second-order valence-electron chi connectivity index (χ2n) is 10.6. The molecule has 0 saturated heterocycles. The Morgan fingerprint density at radius 1 is 0.892 bits per heavy atom. The smallest absolute Gasteiger partial charge is 0.419 e. The number of thioether (sulfide) groups is 1. The Morgan fingerprint density at radius 2 is 1.51 bits per heavy atom. The molecule has 0 bridgehead atoms. The van der Waals surface area contributed by atoms with Crippen molar-refractivity contribution in [2.75, 3.05) is 10.7 Å². The van der Waals surface area contributed by atoms with Crippen LogP contribution in [0.15, 0.2) is 95.6 Å². The molecule has 37 heavy (non-hydrogen) atoms. The summed E-state index contributed by atoms with van der Waals surface area (Å²) in [4.78, 5) is 16.5. The molecule has 4 aromatic rings. The van der Waals surface area contributed by atoms with Crippen molar-refractivity contribution >= 4 is 51.1 Å². The Balaban J connectivity index is 1.66. The molecule has 2 aliphatic heterocycles. The molecule has 0 spiro atoms. The fourth-order valence-corrected chi connectivity index (χ4v) is 6.31. The Morgan fingerprint density at radius 3 is 2.19 bits per heavy atom. The van der Waals surface area contributed by atoms with Gasteiger partial charge in [0.2, 0.25) is 0 Å². The normalized spacial score (nSPS) is 16.5. The van der Waals surface area contributed by atoms with Crippen molar-refractivity contribution in [2.24, 2.45) is 5.92 Å². The van der Waals surface area contributed by atoms with Crippen LogP contribution >= 0.6 is 11.8 Å². The van der Waals surface area contributed by atoms with E-state index in [1.165, 1.54) is 26.8 Å². The van der Waals surface area contributed by atoms with Gasteiger partial charge in [-0.15, -0.1) is 17.5 Å². The molecule has 0 unspecified atom stereocenters. The molecule has 0 saturated carbocycles. The largest absolute Gasteiger partial charge is 0.443 e. The highest BCUT2D eigenvalue weighted by molar-refractivity contribution is 7.99. The number of benzene rings is 4. The van der Waals surface area contributed by atoms with Crippen molar-refractivity contribution < 1.29 is 9.53 Å². The lowest BCUT2D eigenvalue weighted by Crippen LogP contribution is -2.35. The van der Waals surface area contributed by atoms with Crippen LogP contribution in [0.2, 0.25) is 0 Å². The molecule has 6 rings (SSSR count). The van der Waals surface area contributed by atoms with Crippen molar-refractivity contribution in [3.8, 4) is 0 Å². The summed E-state index contributed by atoms with van der Waals surface area (Å²) >= 11 is 1.92. The first-order valence-electron chi connectivity index (χ1n) is 12.7. The van der Waals surface area contributed by atoms with Gasteiger partial charge in [0.15, 0.2) is 0 Å². The van der Waals surface area contributed by atoms with E-state index in [2.05, 4.69) is 61.2 Å². The predicted octanol–water partition coefficient (Wildman–Crippen LogP) is 9.08. The zero-order chi connectivity index (χ0) is 25.7. The highest BCUT2D eigenvalue weighted by Gasteiger charge is 2.33. The number of hydrogen-bond acceptors (Lipinski definition) is 3. The third-order valence-corrected chi connectivity index (χ3v) is 8.12. The maximum Gasteiger partial charge on any atom is 0.419 e. The fraction of sp³-hybridized carbons (Fsp3) is 0.212. The molecule has 0 radical (unpaired) electrons. The number of carbonyl (C=O) groups excluding carboxylic acids is 1. The summed E-state index contributed by atoms with van der Waals surface area (Å²) in [7, 11) is 0. The molecule has 0 aromatic heterocycles. The third-order valence-electron chi connectivity index (χ3n) is 6.81. The van der Waals surface area contributed by atoms with Crippen LogP contribution in [0.5, 0.6) is 0 Å². The van der Waals surface area contributed by atoms with Gasteiger partial charge in [-0.1, -0.05) is 73.7 Å². The lowest BCUT2D eigenvalue weighted by molar-refractivity contribution is 0.0598. The molecule has 3 nitrogen and oxygen atoms in total. The zero-order valence-electron chi connectivity index (χ0n) is 21.5. The molecule has 1 atom stereocenters. The molecule has 1 amide bonds. The number of ether oxygens (including phenoxy) is 1. The van der Waals surface area contributed by atoms with E-state index in [0.29, 0.717) is 5.92 Å². The summed E-state index contributed by atoms with van der Waals surface area (Å²) < 4.78 is 5.84. The minimum atomic E-state index is -0.598. The monoisotopic (exact) mass is 503 g/mol. The highest BCUT2D eigenvalue weighted by atomic mass is 32.2. The first-order valence-corrected chi connectivity index (χ1v) is 13.7. The molecular weight excluding hydrogens is 474 g/mol. The van der Waals surface area contributed by atoms with E-state index in [1.807, 2.05) is 68.9 Å². The molecule has 184 valence electrons. The Labute approximate surface area is 222 Å². The van der Waals surface area contributed by atoms with Gasteiger partial charge in [0.05, 0.1) is 11.4 Å². The molecule has 2 aliphatic rings. The van der Waals surface area contributed by atoms with Gasteiger partial charge in [0, 0.05) is 38.5 Å². The molecule has 0 fully saturated rings. The lowest BCUT2D eigenvalue weighted by atomic mass is 9.86. The summed E-state index contributed by atoms with van der Waals surface area (Å²) in [5.41, 5.74) is 10.4. The number of hydrogen-bond donors (Lipinski definition) is 0. The van der Waals surface area contributed by atoms with Gasteiger partial charge in [-0.25, -0.2) is 9.69 Å². The van der Waals surface area contributed by atoms with Crippen LogP contribution in [0.1, 0.15) is 44.4 Å². The van der Waals surface area contributed by atoms with Crippen LogP contribution < -0.4 is 4.90 Å². The van der Waals surface area contributed by atoms with Gasteiger partial charge in [-0.05, 0) is 55.7 Å². The van der Waals surface area contributed by atoms with Gasteiger partial charge in [0.25, 0.3) is 0 Å². The average Bonchev–Trinajstić information content (AvgIpc) is 2.88. The molecule has 0 N–H and O–H groups in total. The van der Waals surface area contributed by atoms with E-state index >= 15 is 0 Å². The second kappa shape index (κ2) is 8.99. The zero-order valence-corrected chi connectivity index (χ0v) is 22.4. The molecule has 2 heterocycles. The van der Waals surface area contributed by atoms with Gasteiger partial charge in [0.1, 0.15) is 5.60 Å². The minimum absolute atomic E-state index is 0.332. The number of carbonyl (C=O) groups is 1. The van der Waals surface area contributed by atoms with Crippen LogP contribution in [-0.4, -0.2) is 17.4 Å². The maximum absolute atomic E-state index is 13.5. The number of anilines is 2. The number of para-hydroxylation sites is 2. The number of rotatable bonds is 0. The van der Waals surface area contributed by atoms with E-state index in [9.17, 15) is 4.79 Å².